The first-order valence-electron chi connectivity index (χ1n) is 10.3. The molecule has 0 unspecified atom stereocenters. The maximum absolute atomic E-state index is 14.5. The van der Waals surface area contributed by atoms with Gasteiger partial charge in [-0.15, -0.1) is 0 Å². The standard InChI is InChI=1S/C22H21F4N5/c23-14-3-4-15(24)13(9-14)11-30-5-7-31(8-6-30)22-21(27)28-17-10-16(25)19(26)18(12-1-2-12)20(17)29-22/h3-4,9-10,12H,1-2,5-8,11H2,(H2,27,28). The van der Waals surface area contributed by atoms with Gasteiger partial charge in [-0.3, -0.25) is 4.90 Å². The fourth-order valence-corrected chi connectivity index (χ4v) is 4.17. The Hall–Kier alpha value is -2.94. The van der Waals surface area contributed by atoms with Gasteiger partial charge in [0.1, 0.15) is 11.6 Å². The van der Waals surface area contributed by atoms with Gasteiger partial charge in [0.25, 0.3) is 0 Å². The maximum Gasteiger partial charge on any atom is 0.172 e. The van der Waals surface area contributed by atoms with Crippen LogP contribution < -0.4 is 10.6 Å². The Balaban J connectivity index is 1.38. The van der Waals surface area contributed by atoms with Crippen molar-refractivity contribution in [3.63, 3.8) is 0 Å². The molecule has 3 aromatic rings. The van der Waals surface area contributed by atoms with Crippen molar-refractivity contribution in [3.8, 4) is 0 Å². The number of rotatable bonds is 4. The zero-order valence-electron chi connectivity index (χ0n) is 16.7. The molecule has 5 nitrogen and oxygen atoms in total. The molecule has 1 saturated carbocycles. The first-order valence-corrected chi connectivity index (χ1v) is 10.3. The van der Waals surface area contributed by atoms with Crippen molar-refractivity contribution >= 4 is 22.7 Å². The van der Waals surface area contributed by atoms with Crippen molar-refractivity contribution in [3.05, 3.63) is 58.7 Å². The van der Waals surface area contributed by atoms with Gasteiger partial charge >= 0.3 is 0 Å². The van der Waals surface area contributed by atoms with E-state index in [0.717, 1.165) is 31.0 Å². The van der Waals surface area contributed by atoms with Crippen molar-refractivity contribution < 1.29 is 17.6 Å². The quantitative estimate of drug-likeness (QED) is 0.634. The molecule has 1 aliphatic carbocycles. The van der Waals surface area contributed by atoms with E-state index in [2.05, 4.69) is 9.97 Å². The van der Waals surface area contributed by atoms with E-state index in [9.17, 15) is 17.6 Å². The number of hydrogen-bond acceptors (Lipinski definition) is 5. The van der Waals surface area contributed by atoms with Gasteiger partial charge in [-0.05, 0) is 37.0 Å². The average Bonchev–Trinajstić information content (AvgIpc) is 3.57. The molecule has 0 spiro atoms. The van der Waals surface area contributed by atoms with Gasteiger partial charge < -0.3 is 10.6 Å². The van der Waals surface area contributed by atoms with Crippen LogP contribution in [0.3, 0.4) is 0 Å². The number of benzene rings is 2. The summed E-state index contributed by atoms with van der Waals surface area (Å²) in [7, 11) is 0. The van der Waals surface area contributed by atoms with Crippen molar-refractivity contribution in [1.82, 2.24) is 14.9 Å². The fourth-order valence-electron chi connectivity index (χ4n) is 4.17. The third-order valence-corrected chi connectivity index (χ3v) is 5.95. The zero-order chi connectivity index (χ0) is 21.7. The van der Waals surface area contributed by atoms with Crippen molar-refractivity contribution in [2.75, 3.05) is 36.8 Å². The van der Waals surface area contributed by atoms with Crippen molar-refractivity contribution in [2.45, 2.75) is 25.3 Å². The largest absolute Gasteiger partial charge is 0.381 e. The Morgan fingerprint density at radius 1 is 0.935 bits per heavy atom. The summed E-state index contributed by atoms with van der Waals surface area (Å²) in [4.78, 5) is 12.9. The van der Waals surface area contributed by atoms with E-state index in [1.165, 1.54) is 6.07 Å². The van der Waals surface area contributed by atoms with E-state index < -0.39 is 23.3 Å². The third-order valence-electron chi connectivity index (χ3n) is 5.95. The summed E-state index contributed by atoms with van der Waals surface area (Å²) in [6.45, 7) is 2.56. The highest BCUT2D eigenvalue weighted by Gasteiger charge is 2.32. The van der Waals surface area contributed by atoms with E-state index in [0.29, 0.717) is 49.6 Å². The van der Waals surface area contributed by atoms with Gasteiger partial charge in [-0.1, -0.05) is 0 Å². The van der Waals surface area contributed by atoms with Crippen LogP contribution in [0.1, 0.15) is 29.9 Å². The minimum Gasteiger partial charge on any atom is -0.381 e. The molecule has 0 amide bonds. The first-order chi connectivity index (χ1) is 14.9. The molecule has 9 heteroatoms. The van der Waals surface area contributed by atoms with Crippen molar-refractivity contribution in [1.29, 1.82) is 0 Å². The van der Waals surface area contributed by atoms with Crippen LogP contribution in [0.4, 0.5) is 29.2 Å². The van der Waals surface area contributed by atoms with Crippen LogP contribution in [-0.2, 0) is 6.54 Å². The third kappa shape index (κ3) is 3.78. The summed E-state index contributed by atoms with van der Waals surface area (Å²) < 4.78 is 55.8. The molecule has 0 radical (unpaired) electrons. The van der Waals surface area contributed by atoms with Gasteiger partial charge in [0.15, 0.2) is 23.3 Å². The summed E-state index contributed by atoms with van der Waals surface area (Å²) in [6.07, 6.45) is 1.60. The lowest BCUT2D eigenvalue weighted by Gasteiger charge is -2.35. The molecule has 1 aromatic heterocycles. The molecule has 2 heterocycles. The van der Waals surface area contributed by atoms with Gasteiger partial charge in [-0.2, -0.15) is 0 Å². The second-order valence-corrected chi connectivity index (χ2v) is 8.16. The van der Waals surface area contributed by atoms with Crippen LogP contribution in [0.5, 0.6) is 0 Å². The number of hydrogen-bond donors (Lipinski definition) is 1. The Bertz CT molecular complexity index is 1160. The predicted octanol–water partition coefficient (Wildman–Crippen LogP) is 3.97. The summed E-state index contributed by atoms with van der Waals surface area (Å²) in [6, 6.07) is 4.48. The Labute approximate surface area is 176 Å². The summed E-state index contributed by atoms with van der Waals surface area (Å²) >= 11 is 0. The van der Waals surface area contributed by atoms with Crippen LogP contribution >= 0.6 is 0 Å². The molecule has 1 saturated heterocycles. The molecule has 2 aliphatic rings. The van der Waals surface area contributed by atoms with Crippen LogP contribution in [0.25, 0.3) is 11.0 Å². The molecule has 162 valence electrons. The summed E-state index contributed by atoms with van der Waals surface area (Å²) in [5.74, 6) is -2.14. The number of aromatic nitrogens is 2. The molecule has 5 rings (SSSR count). The SMILES string of the molecule is Nc1nc2cc(F)c(F)c(C3CC3)c2nc1N1CCN(Cc2cc(F)ccc2F)CC1. The molecule has 0 bridgehead atoms. The second-order valence-electron chi connectivity index (χ2n) is 8.16. The van der Waals surface area contributed by atoms with E-state index >= 15 is 0 Å². The smallest absolute Gasteiger partial charge is 0.172 e. The maximum atomic E-state index is 14.5. The first kappa shape index (κ1) is 20.0. The van der Waals surface area contributed by atoms with Gasteiger partial charge in [0, 0.05) is 49.9 Å². The minimum absolute atomic E-state index is 0.0398. The molecule has 2 aromatic carbocycles. The number of nitrogens with zero attached hydrogens (tertiary/aromatic N) is 4. The Kier molecular flexibility index (Phi) is 4.92. The number of nitrogen functional groups attached to an aromatic ring is 1. The highest BCUT2D eigenvalue weighted by atomic mass is 19.2. The lowest BCUT2D eigenvalue weighted by Crippen LogP contribution is -2.46. The molecule has 2 fully saturated rings. The Morgan fingerprint density at radius 3 is 2.39 bits per heavy atom. The highest BCUT2D eigenvalue weighted by Crippen LogP contribution is 2.45. The van der Waals surface area contributed by atoms with Gasteiger partial charge in [-0.25, -0.2) is 27.5 Å². The lowest BCUT2D eigenvalue weighted by atomic mass is 10.1. The number of halogens is 4. The normalized spacial score (nSPS) is 17.5. The Morgan fingerprint density at radius 2 is 1.68 bits per heavy atom. The second kappa shape index (κ2) is 7.64. The van der Waals surface area contributed by atoms with E-state index in [1.54, 1.807) is 0 Å². The highest BCUT2D eigenvalue weighted by molar-refractivity contribution is 5.84. The summed E-state index contributed by atoms with van der Waals surface area (Å²) in [5.41, 5.74) is 7.31. The molecular formula is C22H21F4N5. The number of nitrogens with two attached hydrogens (primary N) is 1. The van der Waals surface area contributed by atoms with E-state index in [1.807, 2.05) is 9.80 Å². The average molecular weight is 431 g/mol. The fraction of sp³-hybridized carbons (Fsp3) is 0.364. The number of anilines is 2. The van der Waals surface area contributed by atoms with Gasteiger partial charge in [0.2, 0.25) is 0 Å². The van der Waals surface area contributed by atoms with Gasteiger partial charge in [0.05, 0.1) is 11.0 Å². The van der Waals surface area contributed by atoms with E-state index in [-0.39, 0.29) is 22.8 Å². The molecule has 1 aliphatic heterocycles. The molecular weight excluding hydrogens is 410 g/mol. The van der Waals surface area contributed by atoms with Crippen LogP contribution in [0.15, 0.2) is 24.3 Å². The zero-order valence-corrected chi connectivity index (χ0v) is 16.7. The predicted molar refractivity (Wildman–Crippen MR) is 110 cm³/mol. The van der Waals surface area contributed by atoms with Crippen LogP contribution in [0.2, 0.25) is 0 Å². The van der Waals surface area contributed by atoms with Crippen LogP contribution in [0, 0.1) is 23.3 Å². The monoisotopic (exact) mass is 431 g/mol. The minimum atomic E-state index is -0.936. The molecule has 2 N–H and O–H groups in total. The topological polar surface area (TPSA) is 58.3 Å². The van der Waals surface area contributed by atoms with E-state index in [4.69, 9.17) is 5.73 Å². The van der Waals surface area contributed by atoms with Crippen molar-refractivity contribution in [2.24, 2.45) is 0 Å². The number of piperazine rings is 1. The molecule has 31 heavy (non-hydrogen) atoms. The van der Waals surface area contributed by atoms with Crippen LogP contribution in [-0.4, -0.2) is 41.0 Å². The molecule has 0 atom stereocenters. The number of fused-ring (bicyclic) bond motifs is 1. The lowest BCUT2D eigenvalue weighted by molar-refractivity contribution is 0.246. The summed E-state index contributed by atoms with van der Waals surface area (Å²) in [5, 5.41) is 0.